The minimum absolute atomic E-state index is 0.0503. The number of nitrogens with one attached hydrogen (secondary N) is 2. The van der Waals surface area contributed by atoms with Gasteiger partial charge < -0.3 is 15.5 Å². The SMILES string of the molecule is Cc1ccsc1CNC(=O)N1CCNCC1. The first-order chi connectivity index (χ1) is 7.77. The number of hydrogen-bond acceptors (Lipinski definition) is 3. The Balaban J connectivity index is 1.81. The molecule has 0 spiro atoms. The minimum atomic E-state index is 0.0503. The minimum Gasteiger partial charge on any atom is -0.333 e. The van der Waals surface area contributed by atoms with Gasteiger partial charge in [0.05, 0.1) is 6.54 Å². The normalized spacial score (nSPS) is 16.2. The van der Waals surface area contributed by atoms with Gasteiger partial charge in [-0.3, -0.25) is 0 Å². The van der Waals surface area contributed by atoms with Crippen molar-refractivity contribution in [3.63, 3.8) is 0 Å². The highest BCUT2D eigenvalue weighted by Crippen LogP contribution is 2.14. The second kappa shape index (κ2) is 5.32. The van der Waals surface area contributed by atoms with Crippen LogP contribution in [0.5, 0.6) is 0 Å². The number of urea groups is 1. The molecular formula is C11H17N3OS. The predicted octanol–water partition coefficient (Wildman–Crippen LogP) is 1.17. The van der Waals surface area contributed by atoms with Crippen molar-refractivity contribution in [2.75, 3.05) is 26.2 Å². The van der Waals surface area contributed by atoms with Crippen LogP contribution >= 0.6 is 11.3 Å². The van der Waals surface area contributed by atoms with E-state index in [9.17, 15) is 4.79 Å². The van der Waals surface area contributed by atoms with E-state index in [1.54, 1.807) is 11.3 Å². The Hall–Kier alpha value is -1.07. The Morgan fingerprint density at radius 2 is 2.31 bits per heavy atom. The van der Waals surface area contributed by atoms with E-state index < -0.39 is 0 Å². The standard InChI is InChI=1S/C11H17N3OS/c1-9-2-7-16-10(9)8-13-11(15)14-5-3-12-4-6-14/h2,7,12H,3-6,8H2,1H3,(H,13,15). The van der Waals surface area contributed by atoms with Crippen LogP contribution in [0.4, 0.5) is 4.79 Å². The van der Waals surface area contributed by atoms with Crippen LogP contribution in [0.1, 0.15) is 10.4 Å². The molecule has 16 heavy (non-hydrogen) atoms. The lowest BCUT2D eigenvalue weighted by Gasteiger charge is -2.27. The third-order valence-electron chi connectivity index (χ3n) is 2.77. The molecule has 2 amide bonds. The van der Waals surface area contributed by atoms with Gasteiger partial charge in [0.1, 0.15) is 0 Å². The summed E-state index contributed by atoms with van der Waals surface area (Å²) < 4.78 is 0. The largest absolute Gasteiger partial charge is 0.333 e. The Morgan fingerprint density at radius 3 is 2.94 bits per heavy atom. The number of amides is 2. The number of piperazine rings is 1. The van der Waals surface area contributed by atoms with Crippen molar-refractivity contribution in [2.45, 2.75) is 13.5 Å². The van der Waals surface area contributed by atoms with Crippen LogP contribution in [0.2, 0.25) is 0 Å². The van der Waals surface area contributed by atoms with Gasteiger partial charge in [0.15, 0.2) is 0 Å². The van der Waals surface area contributed by atoms with Crippen molar-refractivity contribution in [1.82, 2.24) is 15.5 Å². The number of aryl methyl sites for hydroxylation is 1. The summed E-state index contributed by atoms with van der Waals surface area (Å²) >= 11 is 1.69. The molecule has 1 fully saturated rings. The first-order valence-electron chi connectivity index (χ1n) is 5.54. The molecule has 0 radical (unpaired) electrons. The fourth-order valence-electron chi connectivity index (χ4n) is 1.72. The zero-order valence-electron chi connectivity index (χ0n) is 9.45. The van der Waals surface area contributed by atoms with Crippen LogP contribution in [-0.4, -0.2) is 37.1 Å². The van der Waals surface area contributed by atoms with Crippen LogP contribution < -0.4 is 10.6 Å². The number of rotatable bonds is 2. The highest BCUT2D eigenvalue weighted by Gasteiger charge is 2.15. The molecule has 0 atom stereocenters. The first-order valence-corrected chi connectivity index (χ1v) is 6.42. The van der Waals surface area contributed by atoms with E-state index >= 15 is 0 Å². The van der Waals surface area contributed by atoms with Gasteiger partial charge in [-0.05, 0) is 23.9 Å². The molecule has 1 aliphatic heterocycles. The molecule has 2 rings (SSSR count). The van der Waals surface area contributed by atoms with Crippen molar-refractivity contribution < 1.29 is 4.79 Å². The second-order valence-electron chi connectivity index (χ2n) is 3.92. The number of thiophene rings is 1. The average molecular weight is 239 g/mol. The maximum Gasteiger partial charge on any atom is 0.317 e. The lowest BCUT2D eigenvalue weighted by atomic mass is 10.3. The summed E-state index contributed by atoms with van der Waals surface area (Å²) in [4.78, 5) is 14.9. The van der Waals surface area contributed by atoms with Gasteiger partial charge in [0.25, 0.3) is 0 Å². The molecule has 1 aromatic rings. The zero-order valence-corrected chi connectivity index (χ0v) is 10.3. The molecule has 2 heterocycles. The molecular weight excluding hydrogens is 222 g/mol. The number of carbonyl (C=O) groups is 1. The number of nitrogens with zero attached hydrogens (tertiary/aromatic N) is 1. The lowest BCUT2D eigenvalue weighted by molar-refractivity contribution is 0.190. The molecule has 5 heteroatoms. The summed E-state index contributed by atoms with van der Waals surface area (Å²) in [7, 11) is 0. The summed E-state index contributed by atoms with van der Waals surface area (Å²) in [5, 5.41) is 8.25. The monoisotopic (exact) mass is 239 g/mol. The van der Waals surface area contributed by atoms with Crippen molar-refractivity contribution in [1.29, 1.82) is 0 Å². The van der Waals surface area contributed by atoms with Gasteiger partial charge >= 0.3 is 6.03 Å². The molecule has 4 nitrogen and oxygen atoms in total. The highest BCUT2D eigenvalue weighted by atomic mass is 32.1. The average Bonchev–Trinajstić information content (AvgIpc) is 2.73. The van der Waals surface area contributed by atoms with Gasteiger partial charge in [0, 0.05) is 31.1 Å². The summed E-state index contributed by atoms with van der Waals surface area (Å²) in [6, 6.07) is 2.13. The smallest absolute Gasteiger partial charge is 0.317 e. The molecule has 0 aliphatic carbocycles. The van der Waals surface area contributed by atoms with Crippen LogP contribution in [0.15, 0.2) is 11.4 Å². The van der Waals surface area contributed by atoms with Crippen molar-refractivity contribution in [3.05, 3.63) is 21.9 Å². The number of hydrogen-bond donors (Lipinski definition) is 2. The predicted molar refractivity (Wildman–Crippen MR) is 65.7 cm³/mol. The van der Waals surface area contributed by atoms with Crippen molar-refractivity contribution in [3.8, 4) is 0 Å². The van der Waals surface area contributed by atoms with Crippen LogP contribution in [0.25, 0.3) is 0 Å². The van der Waals surface area contributed by atoms with E-state index in [2.05, 4.69) is 29.0 Å². The zero-order chi connectivity index (χ0) is 11.4. The van der Waals surface area contributed by atoms with Gasteiger partial charge in [-0.15, -0.1) is 11.3 Å². The van der Waals surface area contributed by atoms with Crippen LogP contribution in [-0.2, 0) is 6.54 Å². The van der Waals surface area contributed by atoms with Crippen molar-refractivity contribution in [2.24, 2.45) is 0 Å². The van der Waals surface area contributed by atoms with E-state index in [1.165, 1.54) is 10.4 Å². The second-order valence-corrected chi connectivity index (χ2v) is 4.92. The van der Waals surface area contributed by atoms with Crippen LogP contribution in [0, 0.1) is 6.92 Å². The fraction of sp³-hybridized carbons (Fsp3) is 0.545. The van der Waals surface area contributed by atoms with E-state index in [4.69, 9.17) is 0 Å². The summed E-state index contributed by atoms with van der Waals surface area (Å²) in [6.07, 6.45) is 0. The topological polar surface area (TPSA) is 44.4 Å². The number of carbonyl (C=O) groups excluding carboxylic acids is 1. The Morgan fingerprint density at radius 1 is 1.56 bits per heavy atom. The third kappa shape index (κ3) is 2.74. The third-order valence-corrected chi connectivity index (χ3v) is 3.80. The maximum atomic E-state index is 11.8. The van der Waals surface area contributed by atoms with Gasteiger partial charge in [-0.1, -0.05) is 0 Å². The molecule has 0 unspecified atom stereocenters. The summed E-state index contributed by atoms with van der Waals surface area (Å²) in [6.45, 7) is 6.11. The highest BCUT2D eigenvalue weighted by molar-refractivity contribution is 7.10. The van der Waals surface area contributed by atoms with E-state index in [1.807, 2.05) is 4.90 Å². The molecule has 88 valence electrons. The fourth-order valence-corrected chi connectivity index (χ4v) is 2.57. The van der Waals surface area contributed by atoms with Crippen LogP contribution in [0.3, 0.4) is 0 Å². The molecule has 1 aromatic heterocycles. The molecule has 0 saturated carbocycles. The van der Waals surface area contributed by atoms with Gasteiger partial charge in [-0.2, -0.15) is 0 Å². The molecule has 0 aromatic carbocycles. The Bertz CT molecular complexity index is 358. The quantitative estimate of drug-likeness (QED) is 0.814. The van der Waals surface area contributed by atoms with E-state index in [0.29, 0.717) is 6.54 Å². The van der Waals surface area contributed by atoms with E-state index in [-0.39, 0.29) is 6.03 Å². The molecule has 1 saturated heterocycles. The Kier molecular flexibility index (Phi) is 3.79. The molecule has 2 N–H and O–H groups in total. The molecule has 0 bridgehead atoms. The van der Waals surface area contributed by atoms with Gasteiger partial charge in [0.2, 0.25) is 0 Å². The molecule has 1 aliphatic rings. The van der Waals surface area contributed by atoms with E-state index in [0.717, 1.165) is 26.2 Å². The lowest BCUT2D eigenvalue weighted by Crippen LogP contribution is -2.50. The summed E-state index contributed by atoms with van der Waals surface area (Å²) in [5.74, 6) is 0. The van der Waals surface area contributed by atoms with Crippen molar-refractivity contribution >= 4 is 17.4 Å². The Labute approximate surface area is 99.6 Å². The maximum absolute atomic E-state index is 11.8. The first kappa shape index (κ1) is 11.4. The summed E-state index contributed by atoms with van der Waals surface area (Å²) in [5.41, 5.74) is 1.26. The van der Waals surface area contributed by atoms with Gasteiger partial charge in [-0.25, -0.2) is 4.79 Å².